The number of hydrogen-bond donors (Lipinski definition) is 1. The van der Waals surface area contributed by atoms with Gasteiger partial charge in [0, 0.05) is 49.5 Å². The molecule has 6 nitrogen and oxygen atoms in total. The third-order valence-corrected chi connectivity index (χ3v) is 4.57. The molecule has 28 heavy (non-hydrogen) atoms. The van der Waals surface area contributed by atoms with Gasteiger partial charge in [-0.05, 0) is 25.1 Å². The molecule has 9 heteroatoms. The van der Waals surface area contributed by atoms with Crippen molar-refractivity contribution in [2.75, 3.05) is 44.2 Å². The zero-order chi connectivity index (χ0) is 20.9. The number of alkyl halides is 3. The Labute approximate surface area is 161 Å². The summed E-state index contributed by atoms with van der Waals surface area (Å²) in [5.74, 6) is -1.33. The third-order valence-electron chi connectivity index (χ3n) is 4.57. The van der Waals surface area contributed by atoms with Gasteiger partial charge in [0.1, 0.15) is 0 Å². The Morgan fingerprint density at radius 1 is 1.18 bits per heavy atom. The van der Waals surface area contributed by atoms with Gasteiger partial charge in [0.05, 0.1) is 18.6 Å². The number of carbonyl (C=O) groups excluding carboxylic acids is 2. The molecule has 1 fully saturated rings. The molecule has 1 aliphatic rings. The number of piperazine rings is 1. The van der Waals surface area contributed by atoms with Crippen molar-refractivity contribution in [2.24, 2.45) is 5.73 Å². The molecule has 1 aromatic carbocycles. The first-order valence-electron chi connectivity index (χ1n) is 8.96. The van der Waals surface area contributed by atoms with E-state index >= 15 is 0 Å². The van der Waals surface area contributed by atoms with Crippen LogP contribution in [0.1, 0.15) is 29.3 Å². The SMILES string of the molecule is C=C(C(N)=O)c1cc(N2CCN(CCC(F)(F)F)CC2)ccc1C(=O)OCC. The van der Waals surface area contributed by atoms with E-state index in [0.29, 0.717) is 31.7 Å². The summed E-state index contributed by atoms with van der Waals surface area (Å²) in [6, 6.07) is 4.91. The van der Waals surface area contributed by atoms with Crippen LogP contribution in [0.25, 0.3) is 5.57 Å². The van der Waals surface area contributed by atoms with Crippen LogP contribution >= 0.6 is 0 Å². The Hall–Kier alpha value is -2.55. The lowest BCUT2D eigenvalue weighted by Gasteiger charge is -2.36. The lowest BCUT2D eigenvalue weighted by atomic mass is 9.99. The fourth-order valence-electron chi connectivity index (χ4n) is 3.01. The number of rotatable bonds is 7. The van der Waals surface area contributed by atoms with Crippen LogP contribution in [-0.4, -0.2) is 62.3 Å². The predicted octanol–water partition coefficient (Wildman–Crippen LogP) is 2.44. The van der Waals surface area contributed by atoms with Gasteiger partial charge in [-0.1, -0.05) is 6.58 Å². The number of nitrogens with zero attached hydrogens (tertiary/aromatic N) is 2. The van der Waals surface area contributed by atoms with Crippen molar-refractivity contribution in [1.29, 1.82) is 0 Å². The fourth-order valence-corrected chi connectivity index (χ4v) is 3.01. The van der Waals surface area contributed by atoms with Crippen LogP contribution in [0.3, 0.4) is 0 Å². The van der Waals surface area contributed by atoms with E-state index in [-0.39, 0.29) is 24.3 Å². The van der Waals surface area contributed by atoms with E-state index in [2.05, 4.69) is 6.58 Å². The van der Waals surface area contributed by atoms with Gasteiger partial charge in [-0.15, -0.1) is 0 Å². The number of hydrogen-bond acceptors (Lipinski definition) is 5. The minimum Gasteiger partial charge on any atom is -0.462 e. The normalized spacial score (nSPS) is 15.4. The van der Waals surface area contributed by atoms with E-state index in [1.807, 2.05) is 4.90 Å². The van der Waals surface area contributed by atoms with E-state index in [1.165, 1.54) is 0 Å². The van der Waals surface area contributed by atoms with Gasteiger partial charge < -0.3 is 15.4 Å². The maximum Gasteiger partial charge on any atom is 0.390 e. The quantitative estimate of drug-likeness (QED) is 0.563. The van der Waals surface area contributed by atoms with E-state index in [0.717, 1.165) is 5.69 Å². The lowest BCUT2D eigenvalue weighted by Crippen LogP contribution is -2.47. The predicted molar refractivity (Wildman–Crippen MR) is 100.0 cm³/mol. The van der Waals surface area contributed by atoms with Crippen LogP contribution in [0.5, 0.6) is 0 Å². The molecule has 154 valence electrons. The second kappa shape index (κ2) is 9.09. The summed E-state index contributed by atoms with van der Waals surface area (Å²) in [7, 11) is 0. The zero-order valence-electron chi connectivity index (χ0n) is 15.7. The number of amides is 1. The monoisotopic (exact) mass is 399 g/mol. The standard InChI is InChI=1S/C19H24F3N3O3/c1-3-28-18(27)15-5-4-14(12-16(15)13(2)17(23)26)25-10-8-24(9-11-25)7-6-19(20,21)22/h4-5,12H,2-3,6-11H2,1H3,(H2,23,26). The first kappa shape index (κ1) is 21.7. The molecule has 1 aliphatic heterocycles. The topological polar surface area (TPSA) is 75.9 Å². The summed E-state index contributed by atoms with van der Waals surface area (Å²) in [6.07, 6.45) is -4.99. The van der Waals surface area contributed by atoms with Gasteiger partial charge in [0.25, 0.3) is 0 Å². The molecule has 0 spiro atoms. The van der Waals surface area contributed by atoms with Crippen molar-refractivity contribution >= 4 is 23.1 Å². The van der Waals surface area contributed by atoms with Crippen LogP contribution < -0.4 is 10.6 Å². The van der Waals surface area contributed by atoms with Crippen molar-refractivity contribution in [1.82, 2.24) is 4.90 Å². The van der Waals surface area contributed by atoms with E-state index in [1.54, 1.807) is 30.0 Å². The molecule has 1 aromatic rings. The second-order valence-corrected chi connectivity index (χ2v) is 6.49. The smallest absolute Gasteiger partial charge is 0.390 e. The zero-order valence-corrected chi connectivity index (χ0v) is 15.7. The Morgan fingerprint density at radius 3 is 2.36 bits per heavy atom. The van der Waals surface area contributed by atoms with Crippen molar-refractivity contribution < 1.29 is 27.5 Å². The summed E-state index contributed by atoms with van der Waals surface area (Å²) in [4.78, 5) is 27.5. The number of esters is 1. The van der Waals surface area contributed by atoms with Crippen LogP contribution in [0.15, 0.2) is 24.8 Å². The highest BCUT2D eigenvalue weighted by atomic mass is 19.4. The van der Waals surface area contributed by atoms with Crippen molar-refractivity contribution in [3.63, 3.8) is 0 Å². The third kappa shape index (κ3) is 5.72. The molecule has 0 atom stereocenters. The van der Waals surface area contributed by atoms with Gasteiger partial charge in [0.15, 0.2) is 0 Å². The number of primary amides is 1. The summed E-state index contributed by atoms with van der Waals surface area (Å²) in [5, 5.41) is 0. The second-order valence-electron chi connectivity index (χ2n) is 6.49. The van der Waals surface area contributed by atoms with E-state index in [9.17, 15) is 22.8 Å². The molecule has 0 unspecified atom stereocenters. The average molecular weight is 399 g/mol. The molecule has 1 heterocycles. The molecule has 0 radical (unpaired) electrons. The van der Waals surface area contributed by atoms with Gasteiger partial charge >= 0.3 is 12.1 Å². The molecule has 0 aromatic heterocycles. The van der Waals surface area contributed by atoms with Crippen LogP contribution in [0.2, 0.25) is 0 Å². The molecule has 1 saturated heterocycles. The maximum absolute atomic E-state index is 12.4. The number of nitrogens with two attached hydrogens (primary N) is 1. The van der Waals surface area contributed by atoms with Gasteiger partial charge in [0.2, 0.25) is 5.91 Å². The van der Waals surface area contributed by atoms with Crippen molar-refractivity contribution in [3.8, 4) is 0 Å². The average Bonchev–Trinajstić information content (AvgIpc) is 2.65. The Balaban J connectivity index is 2.14. The molecule has 0 saturated carbocycles. The van der Waals surface area contributed by atoms with Crippen LogP contribution in [-0.2, 0) is 9.53 Å². The number of ether oxygens (including phenoxy) is 1. The molecule has 2 N–H and O–H groups in total. The molecular weight excluding hydrogens is 375 g/mol. The summed E-state index contributed by atoms with van der Waals surface area (Å²) in [5.41, 5.74) is 6.54. The summed E-state index contributed by atoms with van der Waals surface area (Å²) >= 11 is 0. The van der Waals surface area contributed by atoms with E-state index in [4.69, 9.17) is 10.5 Å². The molecule has 0 bridgehead atoms. The number of anilines is 1. The minimum atomic E-state index is -4.16. The largest absolute Gasteiger partial charge is 0.462 e. The Bertz CT molecular complexity index is 742. The minimum absolute atomic E-state index is 0.00582. The van der Waals surface area contributed by atoms with Crippen molar-refractivity contribution in [3.05, 3.63) is 35.9 Å². The maximum atomic E-state index is 12.4. The van der Waals surface area contributed by atoms with Gasteiger partial charge in [-0.2, -0.15) is 13.2 Å². The summed E-state index contributed by atoms with van der Waals surface area (Å²) < 4.78 is 42.1. The first-order valence-corrected chi connectivity index (χ1v) is 8.96. The van der Waals surface area contributed by atoms with Crippen LogP contribution in [0, 0.1) is 0 Å². The Morgan fingerprint density at radius 2 is 1.82 bits per heavy atom. The van der Waals surface area contributed by atoms with Crippen LogP contribution in [0.4, 0.5) is 18.9 Å². The molecule has 2 rings (SSSR count). The van der Waals surface area contributed by atoms with Gasteiger partial charge in [-0.3, -0.25) is 9.69 Å². The van der Waals surface area contributed by atoms with E-state index < -0.39 is 24.5 Å². The molecule has 1 amide bonds. The van der Waals surface area contributed by atoms with Gasteiger partial charge in [-0.25, -0.2) is 4.79 Å². The molecule has 0 aliphatic carbocycles. The highest BCUT2D eigenvalue weighted by Crippen LogP contribution is 2.27. The number of halogens is 3. The highest BCUT2D eigenvalue weighted by molar-refractivity contribution is 6.20. The first-order chi connectivity index (χ1) is 13.1. The van der Waals surface area contributed by atoms with Crippen molar-refractivity contribution in [2.45, 2.75) is 19.5 Å². The fraction of sp³-hybridized carbons (Fsp3) is 0.474. The Kier molecular flexibility index (Phi) is 7.06. The lowest BCUT2D eigenvalue weighted by molar-refractivity contribution is -0.138. The highest BCUT2D eigenvalue weighted by Gasteiger charge is 2.29. The number of carbonyl (C=O) groups is 2. The summed E-state index contributed by atoms with van der Waals surface area (Å²) in [6.45, 7) is 7.52. The molecular formula is C19H24F3N3O3. The number of benzene rings is 1.